The molecule has 0 radical (unpaired) electrons. The van der Waals surface area contributed by atoms with Crippen molar-refractivity contribution < 1.29 is 26.3 Å². The maximum atomic E-state index is 12.9. The third kappa shape index (κ3) is 3.34. The third-order valence-electron chi connectivity index (χ3n) is 3.84. The van der Waals surface area contributed by atoms with Gasteiger partial charge in [0.05, 0.1) is 23.8 Å². The lowest BCUT2D eigenvalue weighted by molar-refractivity contribution is -0.137. The number of hydrogen-bond acceptors (Lipinski definition) is 5. The second kappa shape index (κ2) is 6.24. The molecule has 0 N–H and O–H groups in total. The van der Waals surface area contributed by atoms with Crippen LogP contribution in [0.3, 0.4) is 0 Å². The first-order valence-electron chi connectivity index (χ1n) is 7.32. The molecule has 26 heavy (non-hydrogen) atoms. The number of methoxy groups -OCH3 is 1. The smallest absolute Gasteiger partial charge is 0.416 e. The van der Waals surface area contributed by atoms with Crippen LogP contribution in [-0.2, 0) is 16.0 Å². The van der Waals surface area contributed by atoms with Gasteiger partial charge in [0, 0.05) is 22.6 Å². The monoisotopic (exact) mass is 382 g/mol. The predicted octanol–water partition coefficient (Wildman–Crippen LogP) is 3.73. The molecule has 0 spiro atoms. The van der Waals surface area contributed by atoms with Crippen LogP contribution in [0.2, 0.25) is 0 Å². The van der Waals surface area contributed by atoms with Crippen LogP contribution in [0.25, 0.3) is 22.0 Å². The van der Waals surface area contributed by atoms with Crippen LogP contribution in [0.1, 0.15) is 5.56 Å². The van der Waals surface area contributed by atoms with Crippen molar-refractivity contribution in [3.8, 4) is 17.0 Å². The van der Waals surface area contributed by atoms with Crippen molar-refractivity contribution in [3.63, 3.8) is 0 Å². The van der Waals surface area contributed by atoms with Gasteiger partial charge in [0.2, 0.25) is 0 Å². The summed E-state index contributed by atoms with van der Waals surface area (Å²) in [6.07, 6.45) is -2.02. The van der Waals surface area contributed by atoms with Crippen LogP contribution in [0.15, 0.2) is 47.5 Å². The lowest BCUT2D eigenvalue weighted by Crippen LogP contribution is -2.05. The minimum atomic E-state index is -4.50. The summed E-state index contributed by atoms with van der Waals surface area (Å²) < 4.78 is 67.2. The number of ether oxygens (including phenoxy) is 1. The van der Waals surface area contributed by atoms with Crippen molar-refractivity contribution in [1.29, 1.82) is 0 Å². The molecule has 0 atom stereocenters. The fourth-order valence-corrected chi connectivity index (χ4v) is 3.21. The number of hydrogen-bond donors (Lipinski definition) is 0. The molecule has 9 heteroatoms. The molecule has 1 aromatic heterocycles. The number of alkyl halides is 3. The van der Waals surface area contributed by atoms with Crippen LogP contribution in [0.5, 0.6) is 5.75 Å². The molecule has 3 rings (SSSR count). The molecular formula is C17H13F3N2O3S. The summed E-state index contributed by atoms with van der Waals surface area (Å²) in [5.74, 6) is -0.00573. The summed E-state index contributed by atoms with van der Waals surface area (Å²) in [5.41, 5.74) is -0.218. The highest BCUT2D eigenvalue weighted by Gasteiger charge is 2.31. The number of halogens is 3. The van der Waals surface area contributed by atoms with Crippen molar-refractivity contribution in [2.45, 2.75) is 11.1 Å². The molecule has 0 saturated heterocycles. The lowest BCUT2D eigenvalue weighted by Gasteiger charge is -2.13. The minimum absolute atomic E-state index is 0.00573. The molecule has 0 unspecified atom stereocenters. The number of aromatic nitrogens is 2. The van der Waals surface area contributed by atoms with Crippen LogP contribution in [0, 0.1) is 0 Å². The topological polar surface area (TPSA) is 69.2 Å². The molecule has 2 aromatic carbocycles. The zero-order chi connectivity index (χ0) is 19.1. The molecule has 136 valence electrons. The first-order valence-corrected chi connectivity index (χ1v) is 9.21. The SMILES string of the molecule is COc1cc(C(F)(F)F)ccc1-c1nncc2cc(S(C)(=O)=O)ccc12. The normalized spacial score (nSPS) is 12.3. The molecule has 0 amide bonds. The number of nitrogens with zero attached hydrogens (tertiary/aromatic N) is 2. The van der Waals surface area contributed by atoms with Gasteiger partial charge >= 0.3 is 6.18 Å². The van der Waals surface area contributed by atoms with Crippen molar-refractivity contribution in [1.82, 2.24) is 10.2 Å². The number of benzene rings is 2. The first kappa shape index (κ1) is 18.1. The summed E-state index contributed by atoms with van der Waals surface area (Å²) in [6, 6.07) is 7.49. The second-order valence-corrected chi connectivity index (χ2v) is 7.64. The maximum absolute atomic E-state index is 12.9. The average molecular weight is 382 g/mol. The van der Waals surface area contributed by atoms with E-state index in [-0.39, 0.29) is 10.6 Å². The number of sulfone groups is 1. The highest BCUT2D eigenvalue weighted by Crippen LogP contribution is 2.38. The maximum Gasteiger partial charge on any atom is 0.416 e. The van der Waals surface area contributed by atoms with Crippen LogP contribution < -0.4 is 4.74 Å². The molecular weight excluding hydrogens is 369 g/mol. The second-order valence-electron chi connectivity index (χ2n) is 5.63. The Bertz CT molecular complexity index is 1100. The summed E-state index contributed by atoms with van der Waals surface area (Å²) in [7, 11) is -2.14. The summed E-state index contributed by atoms with van der Waals surface area (Å²) in [4.78, 5) is 0.114. The van der Waals surface area contributed by atoms with E-state index in [9.17, 15) is 21.6 Å². The molecule has 3 aromatic rings. The Hall–Kier alpha value is -2.68. The van der Waals surface area contributed by atoms with E-state index in [2.05, 4.69) is 10.2 Å². The highest BCUT2D eigenvalue weighted by molar-refractivity contribution is 7.90. The summed E-state index contributed by atoms with van der Waals surface area (Å²) >= 11 is 0. The minimum Gasteiger partial charge on any atom is -0.496 e. The van der Waals surface area contributed by atoms with E-state index in [0.29, 0.717) is 22.0 Å². The quantitative estimate of drug-likeness (QED) is 0.690. The largest absolute Gasteiger partial charge is 0.496 e. The zero-order valence-electron chi connectivity index (χ0n) is 13.7. The summed E-state index contributed by atoms with van der Waals surface area (Å²) in [5, 5.41) is 8.89. The molecule has 1 heterocycles. The Kier molecular flexibility index (Phi) is 4.35. The standard InChI is InChI=1S/C17H13F3N2O3S/c1-25-15-8-11(17(18,19)20)3-5-14(15)16-13-6-4-12(26(2,23)24)7-10(13)9-21-22-16/h3-9H,1-2H3. The van der Waals surface area contributed by atoms with Gasteiger partial charge in [0.15, 0.2) is 9.84 Å². The van der Waals surface area contributed by atoms with E-state index >= 15 is 0 Å². The van der Waals surface area contributed by atoms with E-state index in [1.54, 1.807) is 6.07 Å². The van der Waals surface area contributed by atoms with E-state index < -0.39 is 21.6 Å². The fourth-order valence-electron chi connectivity index (χ4n) is 2.56. The molecule has 0 aliphatic carbocycles. The molecule has 0 bridgehead atoms. The van der Waals surface area contributed by atoms with Crippen LogP contribution in [-0.4, -0.2) is 32.0 Å². The first-order chi connectivity index (χ1) is 12.1. The molecule has 5 nitrogen and oxygen atoms in total. The third-order valence-corrected chi connectivity index (χ3v) is 4.96. The van der Waals surface area contributed by atoms with Gasteiger partial charge in [-0.2, -0.15) is 18.3 Å². The van der Waals surface area contributed by atoms with E-state index in [1.807, 2.05) is 0 Å². The molecule has 0 fully saturated rings. The van der Waals surface area contributed by atoms with Gasteiger partial charge in [-0.1, -0.05) is 6.07 Å². The Morgan fingerprint density at radius 1 is 1.08 bits per heavy atom. The number of fused-ring (bicyclic) bond motifs is 1. The fraction of sp³-hybridized carbons (Fsp3) is 0.176. The summed E-state index contributed by atoms with van der Waals surface area (Å²) in [6.45, 7) is 0. The molecule has 0 aliphatic rings. The average Bonchev–Trinajstić information content (AvgIpc) is 2.58. The van der Waals surface area contributed by atoms with E-state index in [1.165, 1.54) is 31.5 Å². The Morgan fingerprint density at radius 3 is 2.42 bits per heavy atom. The predicted molar refractivity (Wildman–Crippen MR) is 89.6 cm³/mol. The van der Waals surface area contributed by atoms with Gasteiger partial charge in [-0.15, -0.1) is 5.10 Å². The van der Waals surface area contributed by atoms with Crippen LogP contribution in [0.4, 0.5) is 13.2 Å². The van der Waals surface area contributed by atoms with Crippen molar-refractivity contribution in [3.05, 3.63) is 48.2 Å². The van der Waals surface area contributed by atoms with E-state index in [4.69, 9.17) is 4.74 Å². The Morgan fingerprint density at radius 2 is 1.81 bits per heavy atom. The van der Waals surface area contributed by atoms with Gasteiger partial charge in [-0.3, -0.25) is 0 Å². The van der Waals surface area contributed by atoms with Crippen molar-refractivity contribution >= 4 is 20.6 Å². The van der Waals surface area contributed by atoms with E-state index in [0.717, 1.165) is 18.4 Å². The zero-order valence-corrected chi connectivity index (χ0v) is 14.5. The van der Waals surface area contributed by atoms with Gasteiger partial charge in [0.1, 0.15) is 11.4 Å². The van der Waals surface area contributed by atoms with Gasteiger partial charge < -0.3 is 4.74 Å². The number of rotatable bonds is 3. The van der Waals surface area contributed by atoms with Gasteiger partial charge in [-0.25, -0.2) is 8.42 Å². The van der Waals surface area contributed by atoms with Crippen molar-refractivity contribution in [2.24, 2.45) is 0 Å². The molecule has 0 saturated carbocycles. The lowest BCUT2D eigenvalue weighted by atomic mass is 10.0. The van der Waals surface area contributed by atoms with Crippen molar-refractivity contribution in [2.75, 3.05) is 13.4 Å². The molecule has 0 aliphatic heterocycles. The van der Waals surface area contributed by atoms with Crippen LogP contribution >= 0.6 is 0 Å². The van der Waals surface area contributed by atoms with Gasteiger partial charge in [0.25, 0.3) is 0 Å². The van der Waals surface area contributed by atoms with Gasteiger partial charge in [-0.05, 0) is 30.3 Å². The Labute approximate surface area is 147 Å². The highest BCUT2D eigenvalue weighted by atomic mass is 32.2. The Balaban J connectivity index is 2.23.